The van der Waals surface area contributed by atoms with Crippen molar-refractivity contribution in [2.24, 2.45) is 0 Å². The van der Waals surface area contributed by atoms with Crippen molar-refractivity contribution in [3.05, 3.63) is 175 Å². The molecule has 0 bridgehead atoms. The lowest BCUT2D eigenvalue weighted by molar-refractivity contribution is 1.18. The van der Waals surface area contributed by atoms with Gasteiger partial charge in [-0.2, -0.15) is 10.5 Å². The zero-order valence-corrected chi connectivity index (χ0v) is 27.4. The van der Waals surface area contributed by atoms with Crippen LogP contribution < -0.4 is 0 Å². The minimum Gasteiger partial charge on any atom is -0.309 e. The molecule has 0 aliphatic rings. The Balaban J connectivity index is 1.20. The Morgan fingerprint density at radius 3 is 1.41 bits per heavy atom. The molecule has 0 aliphatic carbocycles. The Kier molecular flexibility index (Phi) is 6.31. The Morgan fingerprint density at radius 1 is 0.353 bits per heavy atom. The topological polar surface area (TPSA) is 52.5 Å². The zero-order valence-electron chi connectivity index (χ0n) is 27.4. The molecule has 10 rings (SSSR count). The highest BCUT2D eigenvalue weighted by molar-refractivity contribution is 6.28. The number of benzene rings is 9. The number of para-hydroxylation sites is 1. The summed E-state index contributed by atoms with van der Waals surface area (Å²) in [5.74, 6) is 0. The Labute approximate surface area is 294 Å². The van der Waals surface area contributed by atoms with E-state index in [0.717, 1.165) is 38.6 Å². The molecule has 51 heavy (non-hydrogen) atoms. The smallest absolute Gasteiger partial charge is 0.0998 e. The first-order chi connectivity index (χ1) is 25.2. The highest BCUT2D eigenvalue weighted by atomic mass is 15.0. The van der Waals surface area contributed by atoms with Gasteiger partial charge >= 0.3 is 0 Å². The monoisotopic (exact) mass is 645 g/mol. The fourth-order valence-electron chi connectivity index (χ4n) is 8.22. The van der Waals surface area contributed by atoms with Gasteiger partial charge in [-0.15, -0.1) is 0 Å². The van der Waals surface area contributed by atoms with Gasteiger partial charge in [0, 0.05) is 21.8 Å². The van der Waals surface area contributed by atoms with Gasteiger partial charge in [0.15, 0.2) is 0 Å². The van der Waals surface area contributed by atoms with Crippen LogP contribution in [0.2, 0.25) is 0 Å². The normalized spacial score (nSPS) is 11.5. The van der Waals surface area contributed by atoms with Crippen molar-refractivity contribution in [2.75, 3.05) is 0 Å². The van der Waals surface area contributed by atoms with E-state index in [4.69, 9.17) is 0 Å². The van der Waals surface area contributed by atoms with E-state index >= 15 is 0 Å². The first kappa shape index (κ1) is 28.8. The van der Waals surface area contributed by atoms with Crippen LogP contribution in [0.5, 0.6) is 0 Å². The highest BCUT2D eigenvalue weighted by Gasteiger charge is 2.22. The molecule has 3 heteroatoms. The molecule has 234 valence electrons. The number of hydrogen-bond acceptors (Lipinski definition) is 2. The maximum atomic E-state index is 10.1. The van der Waals surface area contributed by atoms with E-state index < -0.39 is 0 Å². The van der Waals surface area contributed by atoms with E-state index in [0.29, 0.717) is 11.1 Å². The van der Waals surface area contributed by atoms with Crippen molar-refractivity contribution < 1.29 is 0 Å². The van der Waals surface area contributed by atoms with Crippen LogP contribution >= 0.6 is 0 Å². The summed E-state index contributed by atoms with van der Waals surface area (Å²) in [5, 5.41) is 28.6. The van der Waals surface area contributed by atoms with Crippen LogP contribution in [0.3, 0.4) is 0 Å². The Morgan fingerprint density at radius 2 is 0.824 bits per heavy atom. The van der Waals surface area contributed by atoms with Gasteiger partial charge in [-0.3, -0.25) is 0 Å². The van der Waals surface area contributed by atoms with Crippen molar-refractivity contribution in [2.45, 2.75) is 0 Å². The minimum atomic E-state index is 0.657. The van der Waals surface area contributed by atoms with Gasteiger partial charge in [-0.25, -0.2) is 0 Å². The highest BCUT2D eigenvalue weighted by Crippen LogP contribution is 2.46. The van der Waals surface area contributed by atoms with Crippen molar-refractivity contribution in [1.82, 2.24) is 4.57 Å². The molecule has 0 saturated heterocycles. The first-order valence-electron chi connectivity index (χ1n) is 17.1. The molecule has 0 atom stereocenters. The van der Waals surface area contributed by atoms with E-state index in [1.54, 1.807) is 0 Å². The van der Waals surface area contributed by atoms with Gasteiger partial charge in [0.1, 0.15) is 0 Å². The van der Waals surface area contributed by atoms with E-state index in [2.05, 4.69) is 144 Å². The molecular weight excluding hydrogens is 619 g/mol. The summed E-state index contributed by atoms with van der Waals surface area (Å²) in [6.45, 7) is 0. The van der Waals surface area contributed by atoms with Crippen LogP contribution in [-0.4, -0.2) is 4.57 Å². The minimum absolute atomic E-state index is 0.657. The maximum Gasteiger partial charge on any atom is 0.0998 e. The van der Waals surface area contributed by atoms with Crippen LogP contribution in [0.25, 0.3) is 93.2 Å². The quantitative estimate of drug-likeness (QED) is 0.179. The summed E-state index contributed by atoms with van der Waals surface area (Å²) in [6.07, 6.45) is 0. The zero-order chi connectivity index (χ0) is 34.1. The number of nitrogens with zero attached hydrogens (tertiary/aromatic N) is 3. The van der Waals surface area contributed by atoms with Crippen LogP contribution in [-0.2, 0) is 0 Å². The fraction of sp³-hybridized carbons (Fsp3) is 0. The van der Waals surface area contributed by atoms with E-state index in [-0.39, 0.29) is 0 Å². The summed E-state index contributed by atoms with van der Waals surface area (Å²) >= 11 is 0. The average molecular weight is 646 g/mol. The van der Waals surface area contributed by atoms with E-state index in [9.17, 15) is 10.5 Å². The molecule has 1 aromatic heterocycles. The molecule has 0 radical (unpaired) electrons. The molecule has 0 N–H and O–H groups in total. The predicted octanol–water partition coefficient (Wildman–Crippen LogP) is 12.4. The number of fused-ring (bicyclic) bond motifs is 2. The lowest BCUT2D eigenvalue weighted by atomic mass is 9.86. The van der Waals surface area contributed by atoms with Crippen LogP contribution in [0, 0.1) is 22.7 Å². The van der Waals surface area contributed by atoms with Gasteiger partial charge < -0.3 is 4.57 Å². The lowest BCUT2D eigenvalue weighted by Gasteiger charge is -2.17. The fourth-order valence-corrected chi connectivity index (χ4v) is 8.22. The number of nitriles is 2. The number of rotatable bonds is 4. The third-order valence-electron chi connectivity index (χ3n) is 10.5. The van der Waals surface area contributed by atoms with E-state index in [1.807, 2.05) is 36.4 Å². The molecule has 0 aliphatic heterocycles. The Hall–Kier alpha value is -7.20. The first-order valence-corrected chi connectivity index (χ1v) is 17.1. The average Bonchev–Trinajstić information content (AvgIpc) is 3.55. The van der Waals surface area contributed by atoms with Crippen molar-refractivity contribution in [3.63, 3.8) is 0 Å². The van der Waals surface area contributed by atoms with Gasteiger partial charge in [0.25, 0.3) is 0 Å². The maximum absolute atomic E-state index is 10.1. The van der Waals surface area contributed by atoms with Gasteiger partial charge in [0.2, 0.25) is 0 Å². The largest absolute Gasteiger partial charge is 0.309 e. The third-order valence-corrected chi connectivity index (χ3v) is 10.5. The predicted molar refractivity (Wildman–Crippen MR) is 210 cm³/mol. The van der Waals surface area contributed by atoms with Gasteiger partial charge in [0.05, 0.1) is 34.3 Å². The molecule has 0 fully saturated rings. The summed E-state index contributed by atoms with van der Waals surface area (Å²) in [6, 6.07) is 62.1. The molecule has 0 unspecified atom stereocenters. The van der Waals surface area contributed by atoms with Crippen LogP contribution in [0.15, 0.2) is 164 Å². The second kappa shape index (κ2) is 11.2. The van der Waals surface area contributed by atoms with Gasteiger partial charge in [-0.05, 0) is 103 Å². The molecule has 0 spiro atoms. The molecular formula is C48H27N3. The molecule has 1 heterocycles. The van der Waals surface area contributed by atoms with Crippen molar-refractivity contribution in [3.8, 4) is 51.2 Å². The van der Waals surface area contributed by atoms with Crippen LogP contribution in [0.4, 0.5) is 0 Å². The summed E-state index contributed by atoms with van der Waals surface area (Å²) in [4.78, 5) is 0. The third kappa shape index (κ3) is 4.23. The lowest BCUT2D eigenvalue weighted by Crippen LogP contribution is -1.93. The second-order valence-corrected chi connectivity index (χ2v) is 13.1. The molecule has 0 amide bonds. The van der Waals surface area contributed by atoms with E-state index in [1.165, 1.54) is 54.6 Å². The van der Waals surface area contributed by atoms with Crippen molar-refractivity contribution >= 4 is 54.1 Å². The molecule has 0 saturated carbocycles. The molecule has 3 nitrogen and oxygen atoms in total. The van der Waals surface area contributed by atoms with Crippen LogP contribution in [0.1, 0.15) is 11.1 Å². The second-order valence-electron chi connectivity index (χ2n) is 13.1. The molecule has 9 aromatic carbocycles. The summed E-state index contributed by atoms with van der Waals surface area (Å²) in [5.41, 5.74) is 11.6. The summed E-state index contributed by atoms with van der Waals surface area (Å²) in [7, 11) is 0. The van der Waals surface area contributed by atoms with Gasteiger partial charge in [-0.1, -0.05) is 121 Å². The molecule has 10 aromatic rings. The summed E-state index contributed by atoms with van der Waals surface area (Å²) < 4.78 is 2.32. The SMILES string of the molecule is N#Cc1ccc(-c2ccc(-c3ccc(-c4ccc5c6c4ccc4c(C#N)ccc(c46)n5-c4ccccc4)c4ccccc34)c3ccccc23)cc1. The Bertz CT molecular complexity index is 3080. The van der Waals surface area contributed by atoms with Crippen molar-refractivity contribution in [1.29, 1.82) is 10.5 Å². The standard InChI is InChI=1S/C48H27N3/c49-28-30-14-16-31(17-15-30)34-19-21-40(37-11-5-4-10-36(34)37)41-22-23-42(39-13-7-6-12-38(39)41)43-25-27-46-48-44(43)24-20-35-32(29-50)18-26-45(47(35)48)51(46)33-8-2-1-3-9-33/h1-27H. The number of hydrogen-bond donors (Lipinski definition) is 0. The number of aromatic nitrogens is 1.